The van der Waals surface area contributed by atoms with Crippen molar-refractivity contribution in [3.05, 3.63) is 35.9 Å². The number of carbonyl (C=O) groups excluding carboxylic acids is 2. The Hall–Kier alpha value is -1.92. The molecule has 2 amide bonds. The van der Waals surface area contributed by atoms with Crippen molar-refractivity contribution in [3.8, 4) is 0 Å². The second-order valence-corrected chi connectivity index (χ2v) is 7.44. The molecular weight excluding hydrogens is 334 g/mol. The second-order valence-electron chi connectivity index (χ2n) is 7.44. The molecule has 0 N–H and O–H groups in total. The Morgan fingerprint density at radius 3 is 2.50 bits per heavy atom. The molecule has 1 aliphatic carbocycles. The molecule has 6 nitrogen and oxygen atoms in total. The van der Waals surface area contributed by atoms with Gasteiger partial charge in [0.2, 0.25) is 5.91 Å². The van der Waals surface area contributed by atoms with Gasteiger partial charge in [-0.25, -0.2) is 9.69 Å². The molecule has 1 atom stereocenters. The minimum atomic E-state index is -0.509. The van der Waals surface area contributed by atoms with Gasteiger partial charge in [-0.2, -0.15) is 0 Å². The lowest BCUT2D eigenvalue weighted by atomic mass is 9.83. The minimum absolute atomic E-state index is 0.123. The van der Waals surface area contributed by atoms with Gasteiger partial charge in [0.15, 0.2) is 5.79 Å². The van der Waals surface area contributed by atoms with E-state index >= 15 is 0 Å². The Bertz CT molecular complexity index is 645. The van der Waals surface area contributed by atoms with Crippen molar-refractivity contribution in [1.29, 1.82) is 0 Å². The van der Waals surface area contributed by atoms with Crippen LogP contribution < -0.4 is 0 Å². The highest BCUT2D eigenvalue weighted by atomic mass is 16.7. The molecule has 4 rings (SSSR count). The molecule has 3 aliphatic rings. The van der Waals surface area contributed by atoms with Crippen molar-refractivity contribution < 1.29 is 23.8 Å². The summed E-state index contributed by atoms with van der Waals surface area (Å²) in [7, 11) is 0. The van der Waals surface area contributed by atoms with Crippen molar-refractivity contribution in [2.45, 2.75) is 50.4 Å². The quantitative estimate of drug-likeness (QED) is 0.827. The van der Waals surface area contributed by atoms with Crippen LogP contribution in [0.4, 0.5) is 4.79 Å². The summed E-state index contributed by atoms with van der Waals surface area (Å²) in [5, 5.41) is 0. The van der Waals surface area contributed by atoms with Crippen LogP contribution in [0.5, 0.6) is 0 Å². The molecule has 1 aromatic rings. The fourth-order valence-electron chi connectivity index (χ4n) is 4.25. The summed E-state index contributed by atoms with van der Waals surface area (Å²) in [6.45, 7) is 1.59. The normalized spacial score (nSPS) is 25.6. The number of hydrogen-bond acceptors (Lipinski definition) is 5. The number of nitrogens with zero attached hydrogens (tertiary/aromatic N) is 1. The second kappa shape index (κ2) is 7.37. The van der Waals surface area contributed by atoms with E-state index in [1.165, 1.54) is 4.90 Å². The Morgan fingerprint density at radius 2 is 1.81 bits per heavy atom. The number of rotatable bonds is 4. The van der Waals surface area contributed by atoms with Crippen LogP contribution in [0, 0.1) is 5.92 Å². The Morgan fingerprint density at radius 1 is 1.12 bits per heavy atom. The molecule has 6 heteroatoms. The molecule has 140 valence electrons. The molecule has 2 heterocycles. The van der Waals surface area contributed by atoms with Gasteiger partial charge >= 0.3 is 6.09 Å². The maximum absolute atomic E-state index is 12.8. The molecule has 0 radical (unpaired) electrons. The van der Waals surface area contributed by atoms with E-state index in [4.69, 9.17) is 14.2 Å². The summed E-state index contributed by atoms with van der Waals surface area (Å²) < 4.78 is 16.6. The lowest BCUT2D eigenvalue weighted by Gasteiger charge is -2.35. The third-order valence-electron chi connectivity index (χ3n) is 5.69. The SMILES string of the molecule is O=C(CC1CCC2(CC1)OCCO2)N1C(=O)OC[C@@H]1Cc1ccccc1. The predicted octanol–water partition coefficient (Wildman–Crippen LogP) is 2.90. The zero-order valence-electron chi connectivity index (χ0n) is 14.9. The highest BCUT2D eigenvalue weighted by Crippen LogP contribution is 2.39. The average molecular weight is 359 g/mol. The molecule has 26 heavy (non-hydrogen) atoms. The first-order valence-corrected chi connectivity index (χ1v) is 9.46. The first-order valence-electron chi connectivity index (χ1n) is 9.46. The van der Waals surface area contributed by atoms with Gasteiger partial charge in [-0.3, -0.25) is 4.79 Å². The van der Waals surface area contributed by atoms with Crippen LogP contribution in [-0.4, -0.2) is 48.5 Å². The number of hydrogen-bond donors (Lipinski definition) is 0. The number of amides is 2. The van der Waals surface area contributed by atoms with E-state index in [0.29, 0.717) is 26.1 Å². The Balaban J connectivity index is 1.34. The number of ether oxygens (including phenoxy) is 3. The molecule has 3 fully saturated rings. The molecule has 0 aromatic heterocycles. The van der Waals surface area contributed by atoms with E-state index < -0.39 is 11.9 Å². The van der Waals surface area contributed by atoms with Gasteiger partial charge in [0.1, 0.15) is 6.61 Å². The first kappa shape index (κ1) is 17.5. The van der Waals surface area contributed by atoms with Crippen LogP contribution in [0.25, 0.3) is 0 Å². The van der Waals surface area contributed by atoms with Gasteiger partial charge < -0.3 is 14.2 Å². The lowest BCUT2D eigenvalue weighted by molar-refractivity contribution is -0.183. The molecule has 1 spiro atoms. The largest absolute Gasteiger partial charge is 0.447 e. The number of cyclic esters (lactones) is 1. The lowest BCUT2D eigenvalue weighted by Crippen LogP contribution is -2.42. The zero-order chi connectivity index (χ0) is 18.0. The molecule has 0 unspecified atom stereocenters. The maximum atomic E-state index is 12.8. The van der Waals surface area contributed by atoms with Crippen LogP contribution in [-0.2, 0) is 25.4 Å². The van der Waals surface area contributed by atoms with E-state index in [1.807, 2.05) is 30.3 Å². The topological polar surface area (TPSA) is 65.1 Å². The highest BCUT2D eigenvalue weighted by molar-refractivity contribution is 5.93. The van der Waals surface area contributed by atoms with Crippen LogP contribution in [0.1, 0.15) is 37.7 Å². The molecule has 1 saturated carbocycles. The number of carbonyl (C=O) groups is 2. The molecule has 0 bridgehead atoms. The minimum Gasteiger partial charge on any atom is -0.447 e. The van der Waals surface area contributed by atoms with Gasteiger partial charge in [0, 0.05) is 19.3 Å². The standard InChI is InChI=1S/C20H25NO5/c22-18(13-16-6-8-20(9-7-16)25-10-11-26-20)21-17(14-24-19(21)23)12-15-4-2-1-3-5-15/h1-5,16-17H,6-14H2/t17-/m0/s1. The summed E-state index contributed by atoms with van der Waals surface area (Å²) in [5.74, 6) is -0.267. The van der Waals surface area contributed by atoms with Gasteiger partial charge in [-0.05, 0) is 30.7 Å². The highest BCUT2D eigenvalue weighted by Gasteiger charge is 2.43. The first-order chi connectivity index (χ1) is 12.7. The molecular formula is C20H25NO5. The summed E-state index contributed by atoms with van der Waals surface area (Å²) in [6, 6.07) is 9.68. The Kier molecular flexibility index (Phi) is 4.96. The molecule has 2 aliphatic heterocycles. The zero-order valence-corrected chi connectivity index (χ0v) is 14.9. The number of benzene rings is 1. The smallest absolute Gasteiger partial charge is 0.416 e. The van der Waals surface area contributed by atoms with Crippen molar-refractivity contribution >= 4 is 12.0 Å². The van der Waals surface area contributed by atoms with Crippen molar-refractivity contribution in [2.24, 2.45) is 5.92 Å². The monoisotopic (exact) mass is 359 g/mol. The van der Waals surface area contributed by atoms with E-state index in [1.54, 1.807) is 0 Å². The fraction of sp³-hybridized carbons (Fsp3) is 0.600. The van der Waals surface area contributed by atoms with Crippen molar-refractivity contribution in [2.75, 3.05) is 19.8 Å². The maximum Gasteiger partial charge on any atom is 0.416 e. The van der Waals surface area contributed by atoms with Crippen molar-refractivity contribution in [3.63, 3.8) is 0 Å². The van der Waals surface area contributed by atoms with E-state index in [-0.39, 0.29) is 24.5 Å². The van der Waals surface area contributed by atoms with Gasteiger partial charge in [-0.15, -0.1) is 0 Å². The number of imide groups is 1. The fourth-order valence-corrected chi connectivity index (χ4v) is 4.25. The van der Waals surface area contributed by atoms with E-state index in [9.17, 15) is 9.59 Å². The average Bonchev–Trinajstić information content (AvgIpc) is 3.25. The van der Waals surface area contributed by atoms with Crippen LogP contribution in [0.15, 0.2) is 30.3 Å². The summed E-state index contributed by atoms with van der Waals surface area (Å²) >= 11 is 0. The predicted molar refractivity (Wildman–Crippen MR) is 93.3 cm³/mol. The van der Waals surface area contributed by atoms with Crippen molar-refractivity contribution in [1.82, 2.24) is 4.90 Å². The van der Waals surface area contributed by atoms with Gasteiger partial charge in [0.05, 0.1) is 19.3 Å². The van der Waals surface area contributed by atoms with Gasteiger partial charge in [0.25, 0.3) is 0 Å². The summed E-state index contributed by atoms with van der Waals surface area (Å²) in [6.07, 6.45) is 3.93. The summed E-state index contributed by atoms with van der Waals surface area (Å²) in [5.41, 5.74) is 1.10. The Labute approximate surface area is 153 Å². The van der Waals surface area contributed by atoms with Crippen LogP contribution >= 0.6 is 0 Å². The molecule has 2 saturated heterocycles. The van der Waals surface area contributed by atoms with E-state index in [2.05, 4.69) is 0 Å². The third-order valence-corrected chi connectivity index (χ3v) is 5.69. The van der Waals surface area contributed by atoms with E-state index in [0.717, 1.165) is 31.2 Å². The molecule has 1 aromatic carbocycles. The summed E-state index contributed by atoms with van der Waals surface area (Å²) in [4.78, 5) is 26.2. The van der Waals surface area contributed by atoms with Crippen LogP contribution in [0.2, 0.25) is 0 Å². The van der Waals surface area contributed by atoms with Gasteiger partial charge in [-0.1, -0.05) is 30.3 Å². The third kappa shape index (κ3) is 3.62. The van der Waals surface area contributed by atoms with Crippen LogP contribution in [0.3, 0.4) is 0 Å².